The Bertz CT molecular complexity index is 298. The molecule has 0 saturated carbocycles. The first-order valence-corrected chi connectivity index (χ1v) is 6.53. The summed E-state index contributed by atoms with van der Waals surface area (Å²) in [6.45, 7) is 6.74. The zero-order valence-electron chi connectivity index (χ0n) is 9.85. The lowest BCUT2D eigenvalue weighted by Gasteiger charge is -2.26. The molecule has 15 heavy (non-hydrogen) atoms. The standard InChI is InChI=1S/C12H20BrNO/c1-4-6-8-12(3,7-5-2)10-9-15-11(13)14-10/h9H,4-8H2,1-3H3. The van der Waals surface area contributed by atoms with Crippen molar-refractivity contribution in [2.45, 2.75) is 58.3 Å². The monoisotopic (exact) mass is 273 g/mol. The molecule has 0 N–H and O–H groups in total. The van der Waals surface area contributed by atoms with Crippen LogP contribution in [0.25, 0.3) is 0 Å². The second-order valence-corrected chi connectivity index (χ2v) is 5.08. The molecule has 0 fully saturated rings. The highest BCUT2D eigenvalue weighted by atomic mass is 79.9. The van der Waals surface area contributed by atoms with Gasteiger partial charge in [0.25, 0.3) is 4.80 Å². The minimum atomic E-state index is 0.181. The average Bonchev–Trinajstić information content (AvgIpc) is 2.63. The number of halogens is 1. The van der Waals surface area contributed by atoms with Crippen molar-refractivity contribution in [3.63, 3.8) is 0 Å². The van der Waals surface area contributed by atoms with E-state index in [4.69, 9.17) is 4.42 Å². The molecule has 0 spiro atoms. The van der Waals surface area contributed by atoms with Crippen molar-refractivity contribution < 1.29 is 4.42 Å². The molecule has 0 aromatic carbocycles. The molecule has 0 aliphatic carbocycles. The van der Waals surface area contributed by atoms with E-state index in [0.29, 0.717) is 4.80 Å². The van der Waals surface area contributed by atoms with Gasteiger partial charge in [-0.05, 0) is 12.8 Å². The summed E-state index contributed by atoms with van der Waals surface area (Å²) in [6.07, 6.45) is 7.82. The topological polar surface area (TPSA) is 26.0 Å². The number of rotatable bonds is 6. The molecule has 1 atom stereocenters. The van der Waals surface area contributed by atoms with Gasteiger partial charge in [0.15, 0.2) is 0 Å². The lowest BCUT2D eigenvalue weighted by atomic mass is 9.78. The normalized spacial score (nSPS) is 15.2. The minimum absolute atomic E-state index is 0.181. The molecule has 1 heterocycles. The number of oxazole rings is 1. The van der Waals surface area contributed by atoms with Gasteiger partial charge in [0.2, 0.25) is 0 Å². The van der Waals surface area contributed by atoms with Gasteiger partial charge >= 0.3 is 0 Å². The van der Waals surface area contributed by atoms with Gasteiger partial charge in [-0.2, -0.15) is 0 Å². The van der Waals surface area contributed by atoms with Crippen molar-refractivity contribution in [2.75, 3.05) is 0 Å². The van der Waals surface area contributed by atoms with Crippen LogP contribution in [0.2, 0.25) is 0 Å². The van der Waals surface area contributed by atoms with E-state index in [1.165, 1.54) is 32.1 Å². The summed E-state index contributed by atoms with van der Waals surface area (Å²) in [7, 11) is 0. The molecule has 2 nitrogen and oxygen atoms in total. The molecule has 0 amide bonds. The van der Waals surface area contributed by atoms with Crippen LogP contribution in [-0.2, 0) is 5.41 Å². The molecule has 3 heteroatoms. The fourth-order valence-electron chi connectivity index (χ4n) is 2.03. The molecule has 1 aromatic heterocycles. The van der Waals surface area contributed by atoms with Gasteiger partial charge in [0.1, 0.15) is 6.26 Å². The van der Waals surface area contributed by atoms with Crippen LogP contribution in [-0.4, -0.2) is 4.98 Å². The van der Waals surface area contributed by atoms with E-state index in [-0.39, 0.29) is 5.41 Å². The number of hydrogen-bond acceptors (Lipinski definition) is 2. The highest BCUT2D eigenvalue weighted by Crippen LogP contribution is 2.34. The summed E-state index contributed by atoms with van der Waals surface area (Å²) in [5, 5.41) is 0. The Morgan fingerprint density at radius 2 is 2.07 bits per heavy atom. The average molecular weight is 274 g/mol. The van der Waals surface area contributed by atoms with Crippen molar-refractivity contribution in [3.8, 4) is 0 Å². The van der Waals surface area contributed by atoms with E-state index in [0.717, 1.165) is 5.69 Å². The molecule has 0 aliphatic heterocycles. The smallest absolute Gasteiger partial charge is 0.264 e. The summed E-state index contributed by atoms with van der Waals surface area (Å²) in [6, 6.07) is 0. The highest BCUT2D eigenvalue weighted by Gasteiger charge is 2.28. The Labute approximate surface area is 101 Å². The summed E-state index contributed by atoms with van der Waals surface area (Å²) < 4.78 is 5.24. The van der Waals surface area contributed by atoms with Crippen LogP contribution in [0.1, 0.15) is 58.6 Å². The summed E-state index contributed by atoms with van der Waals surface area (Å²) in [5.41, 5.74) is 1.27. The molecule has 1 aromatic rings. The van der Waals surface area contributed by atoms with Crippen molar-refractivity contribution in [2.24, 2.45) is 0 Å². The third-order valence-corrected chi connectivity index (χ3v) is 3.34. The van der Waals surface area contributed by atoms with Crippen LogP contribution in [0.3, 0.4) is 0 Å². The lowest BCUT2D eigenvalue weighted by molar-refractivity contribution is 0.372. The van der Waals surface area contributed by atoms with Gasteiger partial charge < -0.3 is 4.42 Å². The zero-order valence-corrected chi connectivity index (χ0v) is 11.4. The van der Waals surface area contributed by atoms with Crippen LogP contribution in [0, 0.1) is 0 Å². The van der Waals surface area contributed by atoms with E-state index in [2.05, 4.69) is 41.7 Å². The zero-order chi connectivity index (χ0) is 11.3. The second kappa shape index (κ2) is 5.69. The Balaban J connectivity index is 2.79. The first kappa shape index (κ1) is 12.8. The Kier molecular flexibility index (Phi) is 4.84. The van der Waals surface area contributed by atoms with Gasteiger partial charge in [-0.1, -0.05) is 40.0 Å². The fraction of sp³-hybridized carbons (Fsp3) is 0.750. The number of aromatic nitrogens is 1. The SMILES string of the molecule is CCCCC(C)(CCC)c1coc(Br)n1. The van der Waals surface area contributed by atoms with Gasteiger partial charge in [0, 0.05) is 21.3 Å². The third-order valence-electron chi connectivity index (χ3n) is 2.98. The van der Waals surface area contributed by atoms with Crippen LogP contribution < -0.4 is 0 Å². The van der Waals surface area contributed by atoms with Crippen LogP contribution in [0.5, 0.6) is 0 Å². The lowest BCUT2D eigenvalue weighted by Crippen LogP contribution is -2.22. The van der Waals surface area contributed by atoms with Crippen LogP contribution in [0.4, 0.5) is 0 Å². The number of unbranched alkanes of at least 4 members (excludes halogenated alkanes) is 1. The molecular weight excluding hydrogens is 254 g/mol. The third kappa shape index (κ3) is 3.33. The Morgan fingerprint density at radius 1 is 1.33 bits per heavy atom. The summed E-state index contributed by atoms with van der Waals surface area (Å²) in [5.74, 6) is 0. The predicted octanol–water partition coefficient (Wildman–Crippen LogP) is 4.69. The van der Waals surface area contributed by atoms with Gasteiger partial charge in [-0.15, -0.1) is 0 Å². The molecule has 0 saturated heterocycles. The van der Waals surface area contributed by atoms with E-state index in [1.54, 1.807) is 6.26 Å². The Morgan fingerprint density at radius 3 is 2.53 bits per heavy atom. The number of nitrogens with zero attached hydrogens (tertiary/aromatic N) is 1. The summed E-state index contributed by atoms with van der Waals surface area (Å²) in [4.78, 5) is 5.00. The molecule has 0 radical (unpaired) electrons. The first-order chi connectivity index (χ1) is 7.12. The predicted molar refractivity (Wildman–Crippen MR) is 66.0 cm³/mol. The largest absolute Gasteiger partial charge is 0.439 e. The van der Waals surface area contributed by atoms with Crippen molar-refractivity contribution in [3.05, 3.63) is 16.8 Å². The second-order valence-electron chi connectivity index (χ2n) is 4.40. The first-order valence-electron chi connectivity index (χ1n) is 5.74. The number of hydrogen-bond donors (Lipinski definition) is 0. The van der Waals surface area contributed by atoms with Gasteiger partial charge in [-0.25, -0.2) is 4.98 Å². The fourth-order valence-corrected chi connectivity index (χ4v) is 2.31. The molecule has 0 bridgehead atoms. The van der Waals surface area contributed by atoms with Crippen molar-refractivity contribution in [1.29, 1.82) is 0 Å². The van der Waals surface area contributed by atoms with Crippen LogP contribution >= 0.6 is 15.9 Å². The van der Waals surface area contributed by atoms with E-state index in [9.17, 15) is 0 Å². The molecule has 86 valence electrons. The molecule has 0 aliphatic rings. The summed E-state index contributed by atoms with van der Waals surface area (Å²) >= 11 is 3.27. The maximum atomic E-state index is 5.24. The molecule has 1 rings (SSSR count). The minimum Gasteiger partial charge on any atom is -0.439 e. The van der Waals surface area contributed by atoms with Gasteiger partial charge in [0.05, 0.1) is 5.69 Å². The van der Waals surface area contributed by atoms with Crippen molar-refractivity contribution >= 4 is 15.9 Å². The van der Waals surface area contributed by atoms with E-state index in [1.807, 2.05) is 0 Å². The quantitative estimate of drug-likeness (QED) is 0.752. The van der Waals surface area contributed by atoms with E-state index < -0.39 is 0 Å². The van der Waals surface area contributed by atoms with Crippen molar-refractivity contribution in [1.82, 2.24) is 4.98 Å². The van der Waals surface area contributed by atoms with Gasteiger partial charge in [-0.3, -0.25) is 0 Å². The molecule has 1 unspecified atom stereocenters. The highest BCUT2D eigenvalue weighted by molar-refractivity contribution is 9.10. The Hall–Kier alpha value is -0.310. The maximum Gasteiger partial charge on any atom is 0.264 e. The van der Waals surface area contributed by atoms with Crippen LogP contribution in [0.15, 0.2) is 15.5 Å². The maximum absolute atomic E-state index is 5.24. The molecular formula is C12H20BrNO. The van der Waals surface area contributed by atoms with E-state index >= 15 is 0 Å².